The zero-order valence-corrected chi connectivity index (χ0v) is 17.0. The molecule has 0 unspecified atom stereocenters. The van der Waals surface area contributed by atoms with Crippen molar-refractivity contribution in [1.29, 1.82) is 0 Å². The molecule has 1 aromatic carbocycles. The number of aromatic nitrogens is 4. The molecule has 0 bridgehead atoms. The second kappa shape index (κ2) is 7.62. The van der Waals surface area contributed by atoms with Crippen LogP contribution >= 0.6 is 0 Å². The first-order valence-corrected chi connectivity index (χ1v) is 9.80. The zero-order chi connectivity index (χ0) is 19.7. The van der Waals surface area contributed by atoms with Crippen molar-refractivity contribution in [3.63, 3.8) is 0 Å². The SMILES string of the molecule is COc1ncc(-c2cc(C)ccc2C)c(N2CCC(c3nc[nH]c3C)CC2)n1. The summed E-state index contributed by atoms with van der Waals surface area (Å²) in [7, 11) is 1.61. The first kappa shape index (κ1) is 18.5. The lowest BCUT2D eigenvalue weighted by atomic mass is 9.92. The molecule has 0 radical (unpaired) electrons. The lowest BCUT2D eigenvalue weighted by Gasteiger charge is -2.33. The Morgan fingerprint density at radius 1 is 1.07 bits per heavy atom. The van der Waals surface area contributed by atoms with Crippen molar-refractivity contribution >= 4 is 5.82 Å². The van der Waals surface area contributed by atoms with E-state index in [1.165, 1.54) is 28.1 Å². The maximum Gasteiger partial charge on any atom is 0.318 e. The molecule has 3 aromatic rings. The fourth-order valence-corrected chi connectivity index (χ4v) is 4.06. The smallest absolute Gasteiger partial charge is 0.318 e. The molecule has 0 aliphatic carbocycles. The largest absolute Gasteiger partial charge is 0.467 e. The third-order valence-electron chi connectivity index (χ3n) is 5.66. The number of ether oxygens (including phenoxy) is 1. The van der Waals surface area contributed by atoms with Gasteiger partial charge in [-0.3, -0.25) is 0 Å². The molecule has 0 atom stereocenters. The van der Waals surface area contributed by atoms with Gasteiger partial charge in [0.05, 0.1) is 19.1 Å². The van der Waals surface area contributed by atoms with Crippen LogP contribution in [-0.4, -0.2) is 40.1 Å². The van der Waals surface area contributed by atoms with Gasteiger partial charge >= 0.3 is 6.01 Å². The van der Waals surface area contributed by atoms with Gasteiger partial charge in [0.1, 0.15) is 5.82 Å². The maximum absolute atomic E-state index is 5.32. The summed E-state index contributed by atoms with van der Waals surface area (Å²) in [6, 6.07) is 6.92. The average molecular weight is 377 g/mol. The van der Waals surface area contributed by atoms with Crippen LogP contribution in [0.25, 0.3) is 11.1 Å². The van der Waals surface area contributed by atoms with Crippen LogP contribution in [-0.2, 0) is 0 Å². The number of benzene rings is 1. The molecular formula is C22H27N5O. The van der Waals surface area contributed by atoms with Crippen LogP contribution in [0.3, 0.4) is 0 Å². The van der Waals surface area contributed by atoms with Crippen molar-refractivity contribution in [3.8, 4) is 17.1 Å². The van der Waals surface area contributed by atoms with Gasteiger partial charge in [0.25, 0.3) is 0 Å². The number of H-pyrrole nitrogens is 1. The number of nitrogens with zero attached hydrogens (tertiary/aromatic N) is 4. The molecule has 1 fully saturated rings. The zero-order valence-electron chi connectivity index (χ0n) is 17.0. The Morgan fingerprint density at radius 3 is 2.54 bits per heavy atom. The van der Waals surface area contributed by atoms with E-state index < -0.39 is 0 Å². The molecule has 146 valence electrons. The third-order valence-corrected chi connectivity index (χ3v) is 5.66. The van der Waals surface area contributed by atoms with Gasteiger partial charge in [-0.25, -0.2) is 9.97 Å². The molecule has 3 heterocycles. The number of piperidine rings is 1. The van der Waals surface area contributed by atoms with Crippen molar-refractivity contribution in [1.82, 2.24) is 19.9 Å². The van der Waals surface area contributed by atoms with Crippen molar-refractivity contribution in [3.05, 3.63) is 53.2 Å². The molecule has 0 amide bonds. The summed E-state index contributed by atoms with van der Waals surface area (Å²) in [5.41, 5.74) is 7.09. The summed E-state index contributed by atoms with van der Waals surface area (Å²) in [6.07, 6.45) is 5.81. The summed E-state index contributed by atoms with van der Waals surface area (Å²) >= 11 is 0. The Balaban J connectivity index is 1.66. The highest BCUT2D eigenvalue weighted by Crippen LogP contribution is 2.36. The van der Waals surface area contributed by atoms with Crippen LogP contribution in [0.5, 0.6) is 6.01 Å². The minimum Gasteiger partial charge on any atom is -0.467 e. The fraction of sp³-hybridized carbons (Fsp3) is 0.409. The van der Waals surface area contributed by atoms with Crippen molar-refractivity contribution in [2.24, 2.45) is 0 Å². The number of rotatable bonds is 4. The number of nitrogens with one attached hydrogen (secondary N) is 1. The van der Waals surface area contributed by atoms with Gasteiger partial charge in [0.15, 0.2) is 0 Å². The molecule has 1 aliphatic heterocycles. The molecule has 1 N–H and O–H groups in total. The molecule has 4 rings (SSSR count). The van der Waals surface area contributed by atoms with E-state index in [0.29, 0.717) is 11.9 Å². The van der Waals surface area contributed by atoms with Gasteiger partial charge in [0.2, 0.25) is 0 Å². The molecule has 1 saturated heterocycles. The highest BCUT2D eigenvalue weighted by molar-refractivity contribution is 5.78. The van der Waals surface area contributed by atoms with Crippen molar-refractivity contribution in [2.75, 3.05) is 25.1 Å². The van der Waals surface area contributed by atoms with Gasteiger partial charge in [-0.05, 0) is 44.7 Å². The Kier molecular flexibility index (Phi) is 5.03. The lowest BCUT2D eigenvalue weighted by molar-refractivity contribution is 0.379. The first-order chi connectivity index (χ1) is 13.6. The quantitative estimate of drug-likeness (QED) is 0.739. The van der Waals surface area contributed by atoms with Gasteiger partial charge in [0, 0.05) is 36.5 Å². The fourth-order valence-electron chi connectivity index (χ4n) is 4.06. The summed E-state index contributed by atoms with van der Waals surface area (Å²) < 4.78 is 5.32. The second-order valence-corrected chi connectivity index (χ2v) is 7.59. The molecular weight excluding hydrogens is 350 g/mol. The standard InChI is InChI=1S/C22H27N5O/c1-14-5-6-15(2)18(11-14)19-12-23-22(28-4)26-21(19)27-9-7-17(8-10-27)20-16(3)24-13-25-20/h5-6,11-13,17H,7-10H2,1-4H3,(H,24,25). The van der Waals surface area contributed by atoms with Gasteiger partial charge in [-0.1, -0.05) is 23.8 Å². The van der Waals surface area contributed by atoms with E-state index in [4.69, 9.17) is 9.72 Å². The molecule has 28 heavy (non-hydrogen) atoms. The Labute approximate surface area is 166 Å². The average Bonchev–Trinajstić information content (AvgIpc) is 3.15. The van der Waals surface area contributed by atoms with Gasteiger partial charge < -0.3 is 14.6 Å². The van der Waals surface area contributed by atoms with Crippen molar-refractivity contribution in [2.45, 2.75) is 39.5 Å². The normalized spacial score (nSPS) is 15.1. The Bertz CT molecular complexity index is 973. The predicted molar refractivity (Wildman–Crippen MR) is 111 cm³/mol. The number of imidazole rings is 1. The van der Waals surface area contributed by atoms with Gasteiger partial charge in [-0.2, -0.15) is 4.98 Å². The van der Waals surface area contributed by atoms with Crippen molar-refractivity contribution < 1.29 is 4.74 Å². The van der Waals surface area contributed by atoms with E-state index in [1.54, 1.807) is 13.4 Å². The maximum atomic E-state index is 5.32. The summed E-state index contributed by atoms with van der Waals surface area (Å²) in [5.74, 6) is 1.45. The monoisotopic (exact) mass is 377 g/mol. The minimum absolute atomic E-state index is 0.411. The molecule has 2 aromatic heterocycles. The number of hydrogen-bond acceptors (Lipinski definition) is 5. The van der Waals surface area contributed by atoms with Crippen LogP contribution in [0.1, 0.15) is 41.3 Å². The molecule has 0 spiro atoms. The van der Waals surface area contributed by atoms with Crippen LogP contribution in [0.2, 0.25) is 0 Å². The van der Waals surface area contributed by atoms with E-state index in [-0.39, 0.29) is 0 Å². The topological polar surface area (TPSA) is 66.9 Å². The molecule has 1 aliphatic rings. The first-order valence-electron chi connectivity index (χ1n) is 9.80. The van der Waals surface area contributed by atoms with Crippen LogP contribution in [0, 0.1) is 20.8 Å². The highest BCUT2D eigenvalue weighted by atomic mass is 16.5. The van der Waals surface area contributed by atoms with E-state index in [0.717, 1.165) is 37.3 Å². The third kappa shape index (κ3) is 3.46. The predicted octanol–water partition coefficient (Wildman–Crippen LogP) is 4.18. The van der Waals surface area contributed by atoms with Gasteiger partial charge in [-0.15, -0.1) is 0 Å². The van der Waals surface area contributed by atoms with Crippen LogP contribution < -0.4 is 9.64 Å². The Morgan fingerprint density at radius 2 is 1.86 bits per heavy atom. The number of aryl methyl sites for hydroxylation is 3. The summed E-state index contributed by atoms with van der Waals surface area (Å²) in [5, 5.41) is 0. The molecule has 6 heteroatoms. The van der Waals surface area contributed by atoms with E-state index in [9.17, 15) is 0 Å². The number of methoxy groups -OCH3 is 1. The summed E-state index contributed by atoms with van der Waals surface area (Å²) in [4.78, 5) is 19.2. The number of aromatic amines is 1. The minimum atomic E-state index is 0.411. The lowest BCUT2D eigenvalue weighted by Crippen LogP contribution is -2.34. The van der Waals surface area contributed by atoms with E-state index in [2.05, 4.69) is 58.8 Å². The summed E-state index contributed by atoms with van der Waals surface area (Å²) in [6.45, 7) is 8.23. The highest BCUT2D eigenvalue weighted by Gasteiger charge is 2.26. The Hall–Kier alpha value is -2.89. The molecule has 0 saturated carbocycles. The molecule has 6 nitrogen and oxygen atoms in total. The number of hydrogen-bond donors (Lipinski definition) is 1. The van der Waals surface area contributed by atoms with Crippen LogP contribution in [0.15, 0.2) is 30.7 Å². The van der Waals surface area contributed by atoms with Crippen LogP contribution in [0.4, 0.5) is 5.82 Å². The number of anilines is 1. The second-order valence-electron chi connectivity index (χ2n) is 7.59. The van der Waals surface area contributed by atoms with E-state index in [1.807, 2.05) is 6.20 Å². The van der Waals surface area contributed by atoms with E-state index >= 15 is 0 Å².